The highest BCUT2D eigenvalue weighted by Gasteiger charge is 2.25. The van der Waals surface area contributed by atoms with Gasteiger partial charge in [0.2, 0.25) is 0 Å². The Kier molecular flexibility index (Phi) is 4.36. The van der Waals surface area contributed by atoms with Gasteiger partial charge in [-0.15, -0.1) is 0 Å². The van der Waals surface area contributed by atoms with Gasteiger partial charge in [0.15, 0.2) is 5.82 Å². The van der Waals surface area contributed by atoms with Gasteiger partial charge in [-0.25, -0.2) is 4.98 Å². The van der Waals surface area contributed by atoms with Crippen LogP contribution in [0.4, 0.5) is 5.82 Å². The van der Waals surface area contributed by atoms with Crippen LogP contribution in [0.25, 0.3) is 0 Å². The Balaban J connectivity index is 1.82. The van der Waals surface area contributed by atoms with E-state index >= 15 is 0 Å². The summed E-state index contributed by atoms with van der Waals surface area (Å²) >= 11 is 0. The van der Waals surface area contributed by atoms with Crippen molar-refractivity contribution in [1.29, 1.82) is 0 Å². The van der Waals surface area contributed by atoms with Gasteiger partial charge in [-0.1, -0.05) is 13.8 Å². The summed E-state index contributed by atoms with van der Waals surface area (Å²) in [7, 11) is 0. The molecular weight excluding hydrogens is 230 g/mol. The van der Waals surface area contributed by atoms with Crippen LogP contribution in [-0.2, 0) is 4.74 Å². The third-order valence-corrected chi connectivity index (χ3v) is 2.80. The fourth-order valence-electron chi connectivity index (χ4n) is 1.75. The fourth-order valence-corrected chi connectivity index (χ4v) is 1.75. The maximum Gasteiger partial charge on any atom is 0.293 e. The lowest BCUT2D eigenvalue weighted by Gasteiger charge is -2.09. The van der Waals surface area contributed by atoms with Crippen molar-refractivity contribution < 1.29 is 4.74 Å². The molecular formula is C13H21N3O2. The van der Waals surface area contributed by atoms with E-state index in [0.29, 0.717) is 30.9 Å². The molecule has 5 heteroatoms. The Bertz CT molecular complexity index is 438. The van der Waals surface area contributed by atoms with Crippen molar-refractivity contribution >= 4 is 5.82 Å². The molecule has 18 heavy (non-hydrogen) atoms. The molecule has 0 radical (unpaired) electrons. The predicted molar refractivity (Wildman–Crippen MR) is 70.9 cm³/mol. The molecule has 1 aliphatic carbocycles. The maximum absolute atomic E-state index is 12.0. The van der Waals surface area contributed by atoms with Gasteiger partial charge in [-0.3, -0.25) is 4.79 Å². The minimum Gasteiger partial charge on any atom is -0.379 e. The Morgan fingerprint density at radius 1 is 1.56 bits per heavy atom. The van der Waals surface area contributed by atoms with Crippen molar-refractivity contribution in [3.8, 4) is 0 Å². The van der Waals surface area contributed by atoms with Crippen LogP contribution in [0.2, 0.25) is 0 Å². The maximum atomic E-state index is 12.0. The van der Waals surface area contributed by atoms with Crippen LogP contribution >= 0.6 is 0 Å². The second kappa shape index (κ2) is 6.00. The smallest absolute Gasteiger partial charge is 0.293 e. The SMILES string of the molecule is CC(C)COCCNc1nccn(C2CC2)c1=O. The second-order valence-corrected chi connectivity index (χ2v) is 5.11. The number of nitrogens with zero attached hydrogens (tertiary/aromatic N) is 2. The Morgan fingerprint density at radius 3 is 3.00 bits per heavy atom. The quantitative estimate of drug-likeness (QED) is 0.749. The average molecular weight is 251 g/mol. The number of anilines is 1. The molecule has 0 spiro atoms. The lowest BCUT2D eigenvalue weighted by atomic mass is 10.2. The average Bonchev–Trinajstić information content (AvgIpc) is 3.14. The summed E-state index contributed by atoms with van der Waals surface area (Å²) in [5, 5.41) is 3.04. The first kappa shape index (κ1) is 13.1. The molecule has 100 valence electrons. The summed E-state index contributed by atoms with van der Waals surface area (Å²) in [5.74, 6) is 0.962. The highest BCUT2D eigenvalue weighted by atomic mass is 16.5. The van der Waals surface area contributed by atoms with Crippen molar-refractivity contribution in [2.24, 2.45) is 5.92 Å². The number of rotatable bonds is 7. The summed E-state index contributed by atoms with van der Waals surface area (Å²) < 4.78 is 7.22. The molecule has 0 saturated heterocycles. The van der Waals surface area contributed by atoms with E-state index in [0.717, 1.165) is 19.4 Å². The Morgan fingerprint density at radius 2 is 2.33 bits per heavy atom. The molecule has 0 amide bonds. The van der Waals surface area contributed by atoms with E-state index in [1.54, 1.807) is 17.0 Å². The van der Waals surface area contributed by atoms with E-state index < -0.39 is 0 Å². The van der Waals surface area contributed by atoms with Gasteiger partial charge in [-0.2, -0.15) is 0 Å². The molecule has 5 nitrogen and oxygen atoms in total. The lowest BCUT2D eigenvalue weighted by molar-refractivity contribution is 0.118. The molecule has 1 aromatic rings. The van der Waals surface area contributed by atoms with E-state index in [1.807, 2.05) is 0 Å². The van der Waals surface area contributed by atoms with Crippen LogP contribution < -0.4 is 10.9 Å². The third-order valence-electron chi connectivity index (χ3n) is 2.80. The molecule has 0 aromatic carbocycles. The third kappa shape index (κ3) is 3.57. The number of aromatic nitrogens is 2. The van der Waals surface area contributed by atoms with Crippen LogP contribution in [0.15, 0.2) is 17.2 Å². The molecule has 0 atom stereocenters. The van der Waals surface area contributed by atoms with Crippen LogP contribution in [0.5, 0.6) is 0 Å². The zero-order valence-corrected chi connectivity index (χ0v) is 11.1. The minimum atomic E-state index is -0.0242. The van der Waals surface area contributed by atoms with Gasteiger partial charge in [-0.05, 0) is 18.8 Å². The molecule has 1 aliphatic rings. The van der Waals surface area contributed by atoms with Crippen molar-refractivity contribution in [1.82, 2.24) is 9.55 Å². The summed E-state index contributed by atoms with van der Waals surface area (Å²) in [4.78, 5) is 16.1. The van der Waals surface area contributed by atoms with E-state index in [-0.39, 0.29) is 5.56 Å². The van der Waals surface area contributed by atoms with E-state index in [9.17, 15) is 4.79 Å². The van der Waals surface area contributed by atoms with Gasteiger partial charge >= 0.3 is 0 Å². The molecule has 1 heterocycles. The normalized spacial score (nSPS) is 15.1. The predicted octanol–water partition coefficient (Wildman–Crippen LogP) is 1.66. The van der Waals surface area contributed by atoms with Crippen LogP contribution in [0, 0.1) is 5.92 Å². The molecule has 1 N–H and O–H groups in total. The standard InChI is InChI=1S/C13H21N3O2/c1-10(2)9-18-8-6-15-12-13(17)16(7-5-14-12)11-3-4-11/h5,7,10-11H,3-4,6,8-9H2,1-2H3,(H,14,15). The monoisotopic (exact) mass is 251 g/mol. The number of ether oxygens (including phenoxy) is 1. The highest BCUT2D eigenvalue weighted by molar-refractivity contribution is 5.31. The first-order chi connectivity index (χ1) is 8.68. The van der Waals surface area contributed by atoms with Gasteiger partial charge in [0.25, 0.3) is 5.56 Å². The first-order valence-electron chi connectivity index (χ1n) is 6.57. The van der Waals surface area contributed by atoms with Crippen molar-refractivity contribution in [3.63, 3.8) is 0 Å². The lowest BCUT2D eigenvalue weighted by Crippen LogP contribution is -2.25. The zero-order chi connectivity index (χ0) is 13.0. The number of hydrogen-bond donors (Lipinski definition) is 1. The molecule has 2 rings (SSSR count). The Hall–Kier alpha value is -1.36. The summed E-state index contributed by atoms with van der Waals surface area (Å²) in [6.45, 7) is 6.18. The number of hydrogen-bond acceptors (Lipinski definition) is 4. The van der Waals surface area contributed by atoms with Gasteiger partial charge in [0.05, 0.1) is 6.61 Å². The number of nitrogens with one attached hydrogen (secondary N) is 1. The van der Waals surface area contributed by atoms with Crippen molar-refractivity contribution in [2.75, 3.05) is 25.1 Å². The van der Waals surface area contributed by atoms with Crippen LogP contribution in [0.1, 0.15) is 32.7 Å². The van der Waals surface area contributed by atoms with Gasteiger partial charge in [0.1, 0.15) is 0 Å². The molecule has 1 aromatic heterocycles. The largest absolute Gasteiger partial charge is 0.379 e. The van der Waals surface area contributed by atoms with E-state index in [1.165, 1.54) is 0 Å². The van der Waals surface area contributed by atoms with Crippen molar-refractivity contribution in [2.45, 2.75) is 32.7 Å². The fraction of sp³-hybridized carbons (Fsp3) is 0.692. The van der Waals surface area contributed by atoms with E-state index in [2.05, 4.69) is 24.1 Å². The van der Waals surface area contributed by atoms with Crippen molar-refractivity contribution in [3.05, 3.63) is 22.7 Å². The van der Waals surface area contributed by atoms with Crippen LogP contribution in [-0.4, -0.2) is 29.3 Å². The molecule has 1 fully saturated rings. The molecule has 1 saturated carbocycles. The summed E-state index contributed by atoms with van der Waals surface area (Å²) in [6.07, 6.45) is 5.64. The first-order valence-corrected chi connectivity index (χ1v) is 6.57. The minimum absolute atomic E-state index is 0.0242. The van der Waals surface area contributed by atoms with Gasteiger partial charge in [0, 0.05) is 31.6 Å². The Labute approximate surface area is 107 Å². The molecule has 0 bridgehead atoms. The summed E-state index contributed by atoms with van der Waals surface area (Å²) in [6, 6.07) is 0.387. The topological polar surface area (TPSA) is 56.1 Å². The highest BCUT2D eigenvalue weighted by Crippen LogP contribution is 2.33. The zero-order valence-electron chi connectivity index (χ0n) is 11.1. The molecule has 0 aliphatic heterocycles. The van der Waals surface area contributed by atoms with E-state index in [4.69, 9.17) is 4.74 Å². The van der Waals surface area contributed by atoms with Gasteiger partial charge < -0.3 is 14.6 Å². The summed E-state index contributed by atoms with van der Waals surface area (Å²) in [5.41, 5.74) is -0.0242. The second-order valence-electron chi connectivity index (χ2n) is 5.11. The van der Waals surface area contributed by atoms with Crippen LogP contribution in [0.3, 0.4) is 0 Å². The molecule has 0 unspecified atom stereocenters.